The molecule has 114 valence electrons. The zero-order valence-corrected chi connectivity index (χ0v) is 12.1. The first kappa shape index (κ1) is 14.5. The van der Waals surface area contributed by atoms with Crippen molar-refractivity contribution in [2.75, 3.05) is 20.3 Å². The normalized spacial score (nSPS) is 28.2. The van der Waals surface area contributed by atoms with Gasteiger partial charge in [-0.25, -0.2) is 4.39 Å². The number of piperidine rings is 1. The topological polar surface area (TPSA) is 47.6 Å². The van der Waals surface area contributed by atoms with Crippen LogP contribution in [0.25, 0.3) is 0 Å². The fraction of sp³-hybridized carbons (Fsp3) is 0.562. The summed E-state index contributed by atoms with van der Waals surface area (Å²) >= 11 is 0. The summed E-state index contributed by atoms with van der Waals surface area (Å²) in [7, 11) is 1.43. The van der Waals surface area contributed by atoms with Crippen molar-refractivity contribution in [2.24, 2.45) is 5.92 Å². The van der Waals surface area contributed by atoms with Gasteiger partial charge < -0.3 is 14.8 Å². The molecule has 2 aliphatic rings. The van der Waals surface area contributed by atoms with Gasteiger partial charge in [0.1, 0.15) is 5.78 Å². The lowest BCUT2D eigenvalue weighted by Gasteiger charge is -2.39. The van der Waals surface area contributed by atoms with E-state index in [4.69, 9.17) is 9.47 Å². The van der Waals surface area contributed by atoms with Gasteiger partial charge in [0, 0.05) is 24.4 Å². The van der Waals surface area contributed by atoms with E-state index in [0.717, 1.165) is 12.8 Å². The summed E-state index contributed by atoms with van der Waals surface area (Å²) in [6.07, 6.45) is 1.91. The van der Waals surface area contributed by atoms with Crippen molar-refractivity contribution in [3.63, 3.8) is 0 Å². The number of carbonyl (C=O) groups excluding carboxylic acids is 1. The van der Waals surface area contributed by atoms with Crippen molar-refractivity contribution in [1.82, 2.24) is 5.32 Å². The molecular weight excluding hydrogens is 273 g/mol. The fourth-order valence-electron chi connectivity index (χ4n) is 3.27. The summed E-state index contributed by atoms with van der Waals surface area (Å²) < 4.78 is 24.0. The first-order valence-corrected chi connectivity index (χ1v) is 7.34. The number of rotatable bonds is 4. The third-order valence-electron chi connectivity index (χ3n) is 4.30. The van der Waals surface area contributed by atoms with Gasteiger partial charge in [-0.1, -0.05) is 6.07 Å². The summed E-state index contributed by atoms with van der Waals surface area (Å²) in [4.78, 5) is 12.4. The maximum absolute atomic E-state index is 13.7. The number of nitrogens with one attached hydrogen (secondary N) is 1. The molecule has 3 rings (SSSR count). The number of hydrogen-bond donors (Lipinski definition) is 1. The molecule has 0 amide bonds. The van der Waals surface area contributed by atoms with Crippen LogP contribution in [0, 0.1) is 11.7 Å². The van der Waals surface area contributed by atoms with Gasteiger partial charge >= 0.3 is 0 Å². The Bertz CT molecular complexity index is 522. The number of hydrogen-bond acceptors (Lipinski definition) is 4. The average molecular weight is 293 g/mol. The Morgan fingerprint density at radius 3 is 2.71 bits per heavy atom. The highest BCUT2D eigenvalue weighted by Gasteiger charge is 2.34. The van der Waals surface area contributed by atoms with E-state index in [-0.39, 0.29) is 36.0 Å². The van der Waals surface area contributed by atoms with Crippen LogP contribution < -0.4 is 10.1 Å². The van der Waals surface area contributed by atoms with E-state index < -0.39 is 5.82 Å². The number of ketones is 1. The molecular formula is C16H20FNO3. The van der Waals surface area contributed by atoms with Crippen molar-refractivity contribution in [1.29, 1.82) is 0 Å². The molecule has 0 spiro atoms. The first-order chi connectivity index (χ1) is 10.2. The lowest BCUT2D eigenvalue weighted by molar-refractivity contribution is -0.125. The van der Waals surface area contributed by atoms with Gasteiger partial charge in [0.15, 0.2) is 11.6 Å². The largest absolute Gasteiger partial charge is 0.494 e. The van der Waals surface area contributed by atoms with Crippen LogP contribution in [0.4, 0.5) is 4.39 Å². The lowest BCUT2D eigenvalue weighted by Crippen LogP contribution is -2.55. The van der Waals surface area contributed by atoms with Gasteiger partial charge in [0.2, 0.25) is 0 Å². The molecule has 2 bridgehead atoms. The molecule has 5 heteroatoms. The zero-order valence-electron chi connectivity index (χ0n) is 12.1. The number of morpholine rings is 1. The number of carbonyl (C=O) groups is 1. The molecule has 1 N–H and O–H groups in total. The summed E-state index contributed by atoms with van der Waals surface area (Å²) in [5.41, 5.74) is 0.707. The van der Waals surface area contributed by atoms with Crippen LogP contribution in [0.3, 0.4) is 0 Å². The Morgan fingerprint density at radius 2 is 2.10 bits per heavy atom. The second-order valence-corrected chi connectivity index (χ2v) is 5.88. The Labute approximate surface area is 123 Å². The third-order valence-corrected chi connectivity index (χ3v) is 4.30. The van der Waals surface area contributed by atoms with Gasteiger partial charge in [-0.2, -0.15) is 0 Å². The molecule has 2 saturated heterocycles. The lowest BCUT2D eigenvalue weighted by atomic mass is 9.82. The van der Waals surface area contributed by atoms with E-state index >= 15 is 0 Å². The summed E-state index contributed by atoms with van der Waals surface area (Å²) in [6.45, 7) is 1.36. The maximum Gasteiger partial charge on any atom is 0.165 e. The highest BCUT2D eigenvalue weighted by Crippen LogP contribution is 2.26. The quantitative estimate of drug-likeness (QED) is 0.918. The Kier molecular flexibility index (Phi) is 4.22. The fourth-order valence-corrected chi connectivity index (χ4v) is 3.27. The van der Waals surface area contributed by atoms with Crippen LogP contribution in [0.1, 0.15) is 18.4 Å². The minimum Gasteiger partial charge on any atom is -0.494 e. The molecule has 2 aliphatic heterocycles. The SMILES string of the molecule is COc1ccc(CC(=O)C2CC3COCC(C2)N3)cc1F. The smallest absolute Gasteiger partial charge is 0.165 e. The van der Waals surface area contributed by atoms with Gasteiger partial charge in [-0.05, 0) is 30.5 Å². The molecule has 21 heavy (non-hydrogen) atoms. The molecule has 4 nitrogen and oxygen atoms in total. The average Bonchev–Trinajstić information content (AvgIpc) is 2.47. The van der Waals surface area contributed by atoms with Crippen molar-refractivity contribution < 1.29 is 18.7 Å². The molecule has 0 aromatic heterocycles. The number of halogens is 1. The second kappa shape index (κ2) is 6.12. The maximum atomic E-state index is 13.7. The molecule has 1 aromatic carbocycles. The summed E-state index contributed by atoms with van der Waals surface area (Å²) in [5, 5.41) is 3.47. The third kappa shape index (κ3) is 3.24. The van der Waals surface area contributed by atoms with Crippen molar-refractivity contribution in [3.8, 4) is 5.75 Å². The van der Waals surface area contributed by atoms with Crippen LogP contribution >= 0.6 is 0 Å². The molecule has 0 saturated carbocycles. The highest BCUT2D eigenvalue weighted by molar-refractivity contribution is 5.83. The van der Waals surface area contributed by atoms with Gasteiger partial charge in [0.25, 0.3) is 0 Å². The van der Waals surface area contributed by atoms with Gasteiger partial charge in [-0.15, -0.1) is 0 Å². The van der Waals surface area contributed by atoms with E-state index in [1.807, 2.05) is 0 Å². The van der Waals surface area contributed by atoms with E-state index in [1.54, 1.807) is 12.1 Å². The Balaban J connectivity index is 1.64. The Morgan fingerprint density at radius 1 is 1.38 bits per heavy atom. The van der Waals surface area contributed by atoms with Crippen LogP contribution in [0.5, 0.6) is 5.75 Å². The second-order valence-electron chi connectivity index (χ2n) is 5.88. The standard InChI is InChI=1S/C16H20FNO3/c1-20-16-3-2-10(4-14(16)17)5-15(19)11-6-12-8-21-9-13(7-11)18-12/h2-4,11-13,18H,5-9H2,1H3. The Hall–Kier alpha value is -1.46. The number of ether oxygens (including phenoxy) is 2. The van der Waals surface area contributed by atoms with Crippen LogP contribution in [0.2, 0.25) is 0 Å². The van der Waals surface area contributed by atoms with Crippen LogP contribution in [-0.4, -0.2) is 38.2 Å². The molecule has 2 heterocycles. The predicted octanol–water partition coefficient (Wildman–Crippen LogP) is 1.71. The van der Waals surface area contributed by atoms with E-state index in [1.165, 1.54) is 13.2 Å². The number of Topliss-reactive ketones (excluding diaryl/α,β-unsaturated/α-hetero) is 1. The van der Waals surface area contributed by atoms with Crippen LogP contribution in [-0.2, 0) is 16.0 Å². The molecule has 0 aliphatic carbocycles. The van der Waals surface area contributed by atoms with E-state index in [0.29, 0.717) is 18.8 Å². The molecule has 2 unspecified atom stereocenters. The molecule has 2 atom stereocenters. The van der Waals surface area contributed by atoms with Crippen molar-refractivity contribution in [2.45, 2.75) is 31.3 Å². The van der Waals surface area contributed by atoms with Crippen molar-refractivity contribution >= 4 is 5.78 Å². The van der Waals surface area contributed by atoms with Gasteiger partial charge in [-0.3, -0.25) is 4.79 Å². The number of fused-ring (bicyclic) bond motifs is 2. The summed E-state index contributed by atoms with van der Waals surface area (Å²) in [6, 6.07) is 5.27. The molecule has 1 aromatic rings. The van der Waals surface area contributed by atoms with Gasteiger partial charge in [0.05, 0.1) is 20.3 Å². The predicted molar refractivity (Wildman–Crippen MR) is 75.9 cm³/mol. The number of methoxy groups -OCH3 is 1. The van der Waals surface area contributed by atoms with E-state index in [9.17, 15) is 9.18 Å². The first-order valence-electron chi connectivity index (χ1n) is 7.34. The summed E-state index contributed by atoms with van der Waals surface area (Å²) in [5.74, 6) is 0.0337. The zero-order chi connectivity index (χ0) is 14.8. The number of benzene rings is 1. The monoisotopic (exact) mass is 293 g/mol. The highest BCUT2D eigenvalue weighted by atomic mass is 19.1. The molecule has 0 radical (unpaired) electrons. The van der Waals surface area contributed by atoms with E-state index in [2.05, 4.69) is 5.32 Å². The van der Waals surface area contributed by atoms with Crippen molar-refractivity contribution in [3.05, 3.63) is 29.6 Å². The minimum atomic E-state index is -0.418. The van der Waals surface area contributed by atoms with Crippen LogP contribution in [0.15, 0.2) is 18.2 Å². The minimum absolute atomic E-state index is 0.0512. The molecule has 2 fully saturated rings.